The van der Waals surface area contributed by atoms with Gasteiger partial charge in [0.2, 0.25) is 0 Å². The van der Waals surface area contributed by atoms with Crippen molar-refractivity contribution in [3.05, 3.63) is 101 Å². The van der Waals surface area contributed by atoms with Crippen molar-refractivity contribution in [3.8, 4) is 0 Å². The summed E-state index contributed by atoms with van der Waals surface area (Å²) in [6.07, 6.45) is 4.02. The molecule has 0 saturated heterocycles. The van der Waals surface area contributed by atoms with E-state index in [2.05, 4.69) is 59.3 Å². The molecule has 4 rings (SSSR count). The highest BCUT2D eigenvalue weighted by molar-refractivity contribution is 5.94. The van der Waals surface area contributed by atoms with Crippen LogP contribution in [0.3, 0.4) is 0 Å². The highest BCUT2D eigenvalue weighted by Crippen LogP contribution is 2.20. The number of benzene rings is 3. The van der Waals surface area contributed by atoms with Crippen LogP contribution in [0.4, 0.5) is 0 Å². The Balaban J connectivity index is 1.33. The second-order valence-electron chi connectivity index (χ2n) is 8.02. The normalized spacial score (nSPS) is 11.0. The van der Waals surface area contributed by atoms with E-state index in [0.717, 1.165) is 43.6 Å². The van der Waals surface area contributed by atoms with E-state index in [1.165, 1.54) is 16.6 Å². The summed E-state index contributed by atoms with van der Waals surface area (Å²) in [7, 11) is 0. The largest absolute Gasteiger partial charge is 0.352 e. The van der Waals surface area contributed by atoms with Gasteiger partial charge in [0.1, 0.15) is 5.82 Å². The van der Waals surface area contributed by atoms with Crippen molar-refractivity contribution in [2.24, 2.45) is 0 Å². The van der Waals surface area contributed by atoms with E-state index in [0.29, 0.717) is 12.1 Å². The van der Waals surface area contributed by atoms with E-state index < -0.39 is 0 Å². The zero-order valence-electron chi connectivity index (χ0n) is 18.1. The van der Waals surface area contributed by atoms with Crippen LogP contribution in [0.5, 0.6) is 0 Å². The van der Waals surface area contributed by atoms with Crippen LogP contribution in [0.25, 0.3) is 11.0 Å². The molecule has 31 heavy (non-hydrogen) atoms. The number of nitrogens with zero attached hydrogens (tertiary/aromatic N) is 2. The van der Waals surface area contributed by atoms with E-state index in [1.807, 2.05) is 36.4 Å². The lowest BCUT2D eigenvalue weighted by Gasteiger charge is -2.10. The Morgan fingerprint density at radius 3 is 2.42 bits per heavy atom. The number of nitrogens with one attached hydrogen (secondary N) is 1. The van der Waals surface area contributed by atoms with Crippen LogP contribution in [0.2, 0.25) is 0 Å². The van der Waals surface area contributed by atoms with Gasteiger partial charge in [-0.25, -0.2) is 4.98 Å². The van der Waals surface area contributed by atoms with Crippen LogP contribution in [-0.2, 0) is 13.0 Å². The fourth-order valence-corrected chi connectivity index (χ4v) is 3.85. The first-order valence-electron chi connectivity index (χ1n) is 11.0. The fraction of sp³-hybridized carbons (Fsp3) is 0.259. The summed E-state index contributed by atoms with van der Waals surface area (Å²) < 4.78 is 2.34. The molecule has 1 N–H and O–H groups in total. The topological polar surface area (TPSA) is 46.9 Å². The molecule has 0 radical (unpaired) electrons. The number of unbranched alkanes of at least 4 members (excludes halogenated alkanes) is 2. The Labute approximate surface area is 183 Å². The second-order valence-corrected chi connectivity index (χ2v) is 8.02. The molecule has 4 aromatic rings. The van der Waals surface area contributed by atoms with Crippen LogP contribution < -0.4 is 5.32 Å². The number of carbonyl (C=O) groups is 1. The Morgan fingerprint density at radius 1 is 0.871 bits per heavy atom. The highest BCUT2D eigenvalue weighted by Gasteiger charge is 2.11. The number of hydrogen-bond donors (Lipinski definition) is 1. The maximum Gasteiger partial charge on any atom is 0.251 e. The number of fused-ring (bicyclic) bond motifs is 1. The Morgan fingerprint density at radius 2 is 1.61 bits per heavy atom. The third kappa shape index (κ3) is 5.40. The number of para-hydroxylation sites is 2. The molecule has 1 aromatic heterocycles. The van der Waals surface area contributed by atoms with E-state index in [9.17, 15) is 4.79 Å². The molecule has 0 aliphatic carbocycles. The summed E-state index contributed by atoms with van der Waals surface area (Å²) >= 11 is 0. The molecular weight excluding hydrogens is 382 g/mol. The summed E-state index contributed by atoms with van der Waals surface area (Å²) in [5, 5.41) is 3.01. The molecule has 4 nitrogen and oxygen atoms in total. The van der Waals surface area contributed by atoms with Crippen LogP contribution in [-0.4, -0.2) is 22.0 Å². The maximum atomic E-state index is 12.1. The monoisotopic (exact) mass is 411 g/mol. The number of hydrogen-bond acceptors (Lipinski definition) is 2. The molecule has 0 saturated carbocycles. The summed E-state index contributed by atoms with van der Waals surface area (Å²) in [6.45, 7) is 3.65. The Bertz CT molecular complexity index is 1130. The zero-order valence-corrected chi connectivity index (χ0v) is 18.1. The first kappa shape index (κ1) is 20.9. The van der Waals surface area contributed by atoms with Crippen molar-refractivity contribution in [1.29, 1.82) is 0 Å². The van der Waals surface area contributed by atoms with Gasteiger partial charge in [0, 0.05) is 25.1 Å². The van der Waals surface area contributed by atoms with Crippen molar-refractivity contribution in [2.75, 3.05) is 6.54 Å². The quantitative estimate of drug-likeness (QED) is 0.368. The van der Waals surface area contributed by atoms with Gasteiger partial charge < -0.3 is 9.88 Å². The summed E-state index contributed by atoms with van der Waals surface area (Å²) in [6, 6.07) is 26.5. The molecule has 0 spiro atoms. The summed E-state index contributed by atoms with van der Waals surface area (Å²) in [5.41, 5.74) is 5.53. The number of carbonyl (C=O) groups excluding carboxylic acids is 1. The van der Waals surface area contributed by atoms with E-state index in [-0.39, 0.29) is 5.91 Å². The van der Waals surface area contributed by atoms with Crippen molar-refractivity contribution >= 4 is 16.9 Å². The molecule has 0 unspecified atom stereocenters. The average molecular weight is 412 g/mol. The highest BCUT2D eigenvalue weighted by atomic mass is 16.1. The average Bonchev–Trinajstić information content (AvgIpc) is 3.15. The molecule has 1 amide bonds. The van der Waals surface area contributed by atoms with Crippen LogP contribution in [0, 0.1) is 6.92 Å². The first-order valence-corrected chi connectivity index (χ1v) is 11.0. The van der Waals surface area contributed by atoms with Crippen LogP contribution in [0.1, 0.15) is 46.6 Å². The molecule has 0 fully saturated rings. The number of aromatic nitrogens is 2. The van der Waals surface area contributed by atoms with Crippen molar-refractivity contribution in [2.45, 2.75) is 39.2 Å². The Kier molecular flexibility index (Phi) is 6.78. The van der Waals surface area contributed by atoms with E-state index in [4.69, 9.17) is 4.98 Å². The third-order valence-electron chi connectivity index (χ3n) is 5.59. The van der Waals surface area contributed by atoms with Gasteiger partial charge in [0.15, 0.2) is 0 Å². The molecule has 0 bridgehead atoms. The molecular formula is C27H29N3O. The van der Waals surface area contributed by atoms with Gasteiger partial charge in [-0.1, -0.05) is 66.6 Å². The van der Waals surface area contributed by atoms with E-state index >= 15 is 0 Å². The predicted molar refractivity (Wildman–Crippen MR) is 126 cm³/mol. The van der Waals surface area contributed by atoms with Gasteiger partial charge in [-0.05, 0) is 49.6 Å². The zero-order chi connectivity index (χ0) is 21.5. The molecule has 3 aromatic carbocycles. The van der Waals surface area contributed by atoms with Gasteiger partial charge in [-0.2, -0.15) is 0 Å². The molecule has 4 heteroatoms. The molecule has 0 aliphatic heterocycles. The summed E-state index contributed by atoms with van der Waals surface area (Å²) in [5.74, 6) is 1.13. The molecule has 158 valence electrons. The molecule has 1 heterocycles. The van der Waals surface area contributed by atoms with Crippen LogP contribution >= 0.6 is 0 Å². The lowest BCUT2D eigenvalue weighted by Crippen LogP contribution is -2.24. The van der Waals surface area contributed by atoms with Crippen molar-refractivity contribution < 1.29 is 4.79 Å². The minimum Gasteiger partial charge on any atom is -0.352 e. The molecule has 0 aliphatic rings. The molecule has 0 atom stereocenters. The second kappa shape index (κ2) is 10.1. The maximum absolute atomic E-state index is 12.1. The SMILES string of the molecule is Cc1ccc(Cn2c(CCCCCNC(=O)c3ccccc3)nc3ccccc32)cc1. The number of rotatable bonds is 9. The fourth-order valence-electron chi connectivity index (χ4n) is 3.85. The number of imidazole rings is 1. The number of aryl methyl sites for hydroxylation is 2. The van der Waals surface area contributed by atoms with Gasteiger partial charge in [0.05, 0.1) is 11.0 Å². The van der Waals surface area contributed by atoms with E-state index in [1.54, 1.807) is 0 Å². The van der Waals surface area contributed by atoms with Crippen molar-refractivity contribution in [1.82, 2.24) is 14.9 Å². The summed E-state index contributed by atoms with van der Waals surface area (Å²) in [4.78, 5) is 17.0. The minimum absolute atomic E-state index is 0.000454. The van der Waals surface area contributed by atoms with Crippen molar-refractivity contribution in [3.63, 3.8) is 0 Å². The first-order chi connectivity index (χ1) is 15.2. The van der Waals surface area contributed by atoms with Gasteiger partial charge in [0.25, 0.3) is 5.91 Å². The third-order valence-corrected chi connectivity index (χ3v) is 5.59. The minimum atomic E-state index is 0.000454. The van der Waals surface area contributed by atoms with Crippen LogP contribution in [0.15, 0.2) is 78.9 Å². The Hall–Kier alpha value is -3.40. The van der Waals surface area contributed by atoms with Gasteiger partial charge >= 0.3 is 0 Å². The lowest BCUT2D eigenvalue weighted by atomic mass is 10.1. The lowest BCUT2D eigenvalue weighted by molar-refractivity contribution is 0.0953. The standard InChI is InChI=1S/C27H29N3O/c1-21-15-17-22(18-16-21)20-30-25-13-8-7-12-24(25)29-26(30)14-6-3-9-19-28-27(31)23-10-4-2-5-11-23/h2,4-5,7-8,10-13,15-18H,3,6,9,14,19-20H2,1H3,(H,28,31). The van der Waals surface area contributed by atoms with Gasteiger partial charge in [-0.3, -0.25) is 4.79 Å². The van der Waals surface area contributed by atoms with Gasteiger partial charge in [-0.15, -0.1) is 0 Å². The smallest absolute Gasteiger partial charge is 0.251 e. The number of amides is 1. The predicted octanol–water partition coefficient (Wildman–Crippen LogP) is 5.54.